The van der Waals surface area contributed by atoms with E-state index < -0.39 is 0 Å². The van der Waals surface area contributed by atoms with Crippen LogP contribution in [-0.4, -0.2) is 0 Å². The number of rotatable bonds is 3. The zero-order chi connectivity index (χ0) is 10.7. The first-order valence-electron chi connectivity index (χ1n) is 4.74. The molecular formula is C12H18N2. The van der Waals surface area contributed by atoms with Crippen molar-refractivity contribution < 1.29 is 0 Å². The van der Waals surface area contributed by atoms with Crippen LogP contribution in [0.25, 0.3) is 0 Å². The highest BCUT2D eigenvalue weighted by Crippen LogP contribution is 2.21. The lowest BCUT2D eigenvalue weighted by Gasteiger charge is -2.17. The highest BCUT2D eigenvalue weighted by atomic mass is 15.2. The van der Waals surface area contributed by atoms with Crippen LogP contribution in [0.5, 0.6) is 0 Å². The van der Waals surface area contributed by atoms with Crippen LogP contribution in [0.1, 0.15) is 29.7 Å². The largest absolute Gasteiger partial charge is 0.271 e. The average Bonchev–Trinajstić information content (AvgIpc) is 2.02. The summed E-state index contributed by atoms with van der Waals surface area (Å²) in [6.45, 7) is 10.1. The van der Waals surface area contributed by atoms with Crippen molar-refractivity contribution in [2.45, 2.75) is 26.8 Å². The molecule has 1 atom stereocenters. The molecule has 0 aromatic heterocycles. The maximum absolute atomic E-state index is 5.50. The molecule has 1 rings (SSSR count). The van der Waals surface area contributed by atoms with Crippen molar-refractivity contribution in [3.8, 4) is 0 Å². The molecule has 76 valence electrons. The standard InChI is InChI=1S/C12H18N2/c1-8(2)12(14-13)11-6-9(3)5-10(4)7-11/h5-7,12,14H,1,13H2,2-4H3. The third-order valence-corrected chi connectivity index (χ3v) is 2.24. The molecule has 0 aliphatic carbocycles. The number of benzene rings is 1. The summed E-state index contributed by atoms with van der Waals surface area (Å²) in [5.41, 5.74) is 7.48. The van der Waals surface area contributed by atoms with E-state index in [1.54, 1.807) is 0 Å². The minimum atomic E-state index is 0.0496. The maximum Gasteiger partial charge on any atom is 0.0664 e. The Morgan fingerprint density at radius 3 is 2.14 bits per heavy atom. The highest BCUT2D eigenvalue weighted by molar-refractivity contribution is 5.33. The molecule has 2 nitrogen and oxygen atoms in total. The van der Waals surface area contributed by atoms with Crippen molar-refractivity contribution in [3.05, 3.63) is 47.0 Å². The molecule has 0 aliphatic heterocycles. The number of hydrogen-bond acceptors (Lipinski definition) is 2. The molecule has 1 aromatic rings. The van der Waals surface area contributed by atoms with Gasteiger partial charge in [0.05, 0.1) is 6.04 Å². The third-order valence-electron chi connectivity index (χ3n) is 2.24. The van der Waals surface area contributed by atoms with E-state index >= 15 is 0 Å². The Morgan fingerprint density at radius 2 is 1.79 bits per heavy atom. The van der Waals surface area contributed by atoms with Crippen LogP contribution in [0.15, 0.2) is 30.4 Å². The lowest BCUT2D eigenvalue weighted by molar-refractivity contribution is 0.626. The predicted octanol–water partition coefficient (Wildman–Crippen LogP) is 2.38. The van der Waals surface area contributed by atoms with E-state index in [1.807, 2.05) is 6.92 Å². The number of hydrogen-bond donors (Lipinski definition) is 2. The lowest BCUT2D eigenvalue weighted by Crippen LogP contribution is -2.28. The Balaban J connectivity index is 3.10. The van der Waals surface area contributed by atoms with Crippen LogP contribution in [0, 0.1) is 13.8 Å². The zero-order valence-corrected chi connectivity index (χ0v) is 9.09. The van der Waals surface area contributed by atoms with E-state index in [4.69, 9.17) is 5.84 Å². The first kappa shape index (κ1) is 11.0. The van der Waals surface area contributed by atoms with Crippen molar-refractivity contribution in [3.63, 3.8) is 0 Å². The molecule has 0 spiro atoms. The first-order chi connectivity index (χ1) is 6.54. The van der Waals surface area contributed by atoms with E-state index in [1.165, 1.54) is 16.7 Å². The smallest absolute Gasteiger partial charge is 0.0664 e. The van der Waals surface area contributed by atoms with Crippen LogP contribution < -0.4 is 11.3 Å². The van der Waals surface area contributed by atoms with Gasteiger partial charge in [0.25, 0.3) is 0 Å². The topological polar surface area (TPSA) is 38.0 Å². The average molecular weight is 190 g/mol. The van der Waals surface area contributed by atoms with Gasteiger partial charge in [0, 0.05) is 0 Å². The predicted molar refractivity (Wildman–Crippen MR) is 60.8 cm³/mol. The number of aryl methyl sites for hydroxylation is 2. The Hall–Kier alpha value is -1.12. The van der Waals surface area contributed by atoms with Crippen molar-refractivity contribution in [2.24, 2.45) is 5.84 Å². The molecule has 0 heterocycles. The summed E-state index contributed by atoms with van der Waals surface area (Å²) >= 11 is 0. The van der Waals surface area contributed by atoms with Crippen LogP contribution >= 0.6 is 0 Å². The van der Waals surface area contributed by atoms with Crippen LogP contribution in [0.4, 0.5) is 0 Å². The second-order valence-electron chi connectivity index (χ2n) is 3.87. The van der Waals surface area contributed by atoms with Gasteiger partial charge in [-0.15, -0.1) is 0 Å². The molecule has 0 saturated heterocycles. The summed E-state index contributed by atoms with van der Waals surface area (Å²) < 4.78 is 0. The van der Waals surface area contributed by atoms with Crippen molar-refractivity contribution >= 4 is 0 Å². The van der Waals surface area contributed by atoms with E-state index in [-0.39, 0.29) is 6.04 Å². The minimum Gasteiger partial charge on any atom is -0.271 e. The Labute approximate surface area is 85.8 Å². The fourth-order valence-corrected chi connectivity index (χ4v) is 1.70. The third kappa shape index (κ3) is 2.44. The molecule has 2 heteroatoms. The lowest BCUT2D eigenvalue weighted by atomic mass is 9.98. The van der Waals surface area contributed by atoms with Crippen molar-refractivity contribution in [1.82, 2.24) is 5.43 Å². The summed E-state index contributed by atoms with van der Waals surface area (Å²) in [6.07, 6.45) is 0. The molecule has 0 bridgehead atoms. The molecular weight excluding hydrogens is 172 g/mol. The quantitative estimate of drug-likeness (QED) is 0.436. The highest BCUT2D eigenvalue weighted by Gasteiger charge is 2.10. The van der Waals surface area contributed by atoms with E-state index in [0.29, 0.717) is 0 Å². The van der Waals surface area contributed by atoms with E-state index in [0.717, 1.165) is 5.57 Å². The van der Waals surface area contributed by atoms with Gasteiger partial charge in [0.1, 0.15) is 0 Å². The fourth-order valence-electron chi connectivity index (χ4n) is 1.70. The second-order valence-corrected chi connectivity index (χ2v) is 3.87. The number of nitrogens with two attached hydrogens (primary N) is 1. The summed E-state index contributed by atoms with van der Waals surface area (Å²) in [5.74, 6) is 5.50. The summed E-state index contributed by atoms with van der Waals surface area (Å²) in [5, 5.41) is 0. The van der Waals surface area contributed by atoms with Crippen LogP contribution in [0.3, 0.4) is 0 Å². The van der Waals surface area contributed by atoms with Crippen molar-refractivity contribution in [1.29, 1.82) is 0 Å². The Bertz CT molecular complexity index is 322. The fraction of sp³-hybridized carbons (Fsp3) is 0.333. The Morgan fingerprint density at radius 1 is 1.29 bits per heavy atom. The maximum atomic E-state index is 5.50. The minimum absolute atomic E-state index is 0.0496. The summed E-state index contributed by atoms with van der Waals surface area (Å²) in [6, 6.07) is 6.46. The SMILES string of the molecule is C=C(C)C(NN)c1cc(C)cc(C)c1. The van der Waals surface area contributed by atoms with Crippen LogP contribution in [-0.2, 0) is 0 Å². The molecule has 1 aromatic carbocycles. The van der Waals surface area contributed by atoms with E-state index in [9.17, 15) is 0 Å². The van der Waals surface area contributed by atoms with Gasteiger partial charge >= 0.3 is 0 Å². The first-order valence-corrected chi connectivity index (χ1v) is 4.74. The van der Waals surface area contributed by atoms with Gasteiger partial charge < -0.3 is 0 Å². The van der Waals surface area contributed by atoms with Crippen molar-refractivity contribution in [2.75, 3.05) is 0 Å². The molecule has 0 amide bonds. The van der Waals surface area contributed by atoms with Crippen LogP contribution in [0.2, 0.25) is 0 Å². The van der Waals surface area contributed by atoms with Gasteiger partial charge in [-0.2, -0.15) is 0 Å². The zero-order valence-electron chi connectivity index (χ0n) is 9.09. The van der Waals surface area contributed by atoms with E-state index in [2.05, 4.69) is 44.1 Å². The molecule has 3 N–H and O–H groups in total. The van der Waals surface area contributed by atoms with Gasteiger partial charge in [0.15, 0.2) is 0 Å². The van der Waals surface area contributed by atoms with Gasteiger partial charge in [-0.3, -0.25) is 5.84 Å². The summed E-state index contributed by atoms with van der Waals surface area (Å²) in [4.78, 5) is 0. The molecule has 14 heavy (non-hydrogen) atoms. The Kier molecular flexibility index (Phi) is 3.44. The summed E-state index contributed by atoms with van der Waals surface area (Å²) in [7, 11) is 0. The monoisotopic (exact) mass is 190 g/mol. The molecule has 0 radical (unpaired) electrons. The molecule has 0 fully saturated rings. The molecule has 1 unspecified atom stereocenters. The molecule has 0 aliphatic rings. The number of nitrogens with one attached hydrogen (secondary N) is 1. The van der Waals surface area contributed by atoms with Gasteiger partial charge in [-0.1, -0.05) is 41.5 Å². The van der Waals surface area contributed by atoms with Gasteiger partial charge in [0.2, 0.25) is 0 Å². The van der Waals surface area contributed by atoms with Gasteiger partial charge in [-0.25, -0.2) is 5.43 Å². The van der Waals surface area contributed by atoms with Gasteiger partial charge in [-0.05, 0) is 26.3 Å². The second kappa shape index (κ2) is 4.40. The molecule has 0 saturated carbocycles. The normalized spacial score (nSPS) is 12.6. The number of hydrazine groups is 1.